The summed E-state index contributed by atoms with van der Waals surface area (Å²) in [7, 11) is 0. The summed E-state index contributed by atoms with van der Waals surface area (Å²) in [5.74, 6) is 0.530. The van der Waals surface area contributed by atoms with Crippen LogP contribution in [0.25, 0.3) is 0 Å². The Bertz CT molecular complexity index is 445. The zero-order chi connectivity index (χ0) is 13.5. The monoisotopic (exact) mass is 272 g/mol. The molecule has 3 rings (SSSR count). The van der Waals surface area contributed by atoms with E-state index in [1.54, 1.807) is 0 Å². The first-order chi connectivity index (χ1) is 9.02. The summed E-state index contributed by atoms with van der Waals surface area (Å²) in [6, 6.07) is 3.36. The van der Waals surface area contributed by atoms with Crippen molar-refractivity contribution in [3.8, 4) is 0 Å². The number of alkyl halides is 3. The van der Waals surface area contributed by atoms with Crippen LogP contribution >= 0.6 is 0 Å². The van der Waals surface area contributed by atoms with Gasteiger partial charge in [-0.3, -0.25) is 0 Å². The highest BCUT2D eigenvalue weighted by molar-refractivity contribution is 5.38. The molecule has 0 spiro atoms. The van der Waals surface area contributed by atoms with E-state index in [9.17, 15) is 13.2 Å². The minimum absolute atomic E-state index is 0.414. The Morgan fingerprint density at radius 3 is 2.58 bits per heavy atom. The molecule has 19 heavy (non-hydrogen) atoms. The third kappa shape index (κ3) is 2.65. The highest BCUT2D eigenvalue weighted by atomic mass is 19.4. The Morgan fingerprint density at radius 2 is 1.89 bits per heavy atom. The van der Waals surface area contributed by atoms with Gasteiger partial charge in [0.2, 0.25) is 0 Å². The summed E-state index contributed by atoms with van der Waals surface area (Å²) in [5.41, 5.74) is -0.939. The van der Waals surface area contributed by atoms with E-state index >= 15 is 0 Å². The molecule has 0 aliphatic carbocycles. The maximum absolute atomic E-state index is 12.4. The number of hydrogen-bond donors (Lipinski definition) is 1. The van der Waals surface area contributed by atoms with E-state index in [-0.39, 0.29) is 0 Å². The molecule has 7 heteroatoms. The van der Waals surface area contributed by atoms with Crippen LogP contribution in [-0.4, -0.2) is 35.4 Å². The first-order valence-corrected chi connectivity index (χ1v) is 6.44. The van der Waals surface area contributed by atoms with Gasteiger partial charge in [0.15, 0.2) is 11.5 Å². The minimum atomic E-state index is -4.43. The Labute approximate surface area is 109 Å². The van der Waals surface area contributed by atoms with Crippen LogP contribution < -0.4 is 10.2 Å². The van der Waals surface area contributed by atoms with E-state index in [1.165, 1.54) is 12.5 Å². The fourth-order valence-corrected chi connectivity index (χ4v) is 2.80. The standard InChI is InChI=1S/C12H15F3N4/c13-12(14,15)10-3-4-11(18-17-10)19-6-5-8-1-2-9(7-19)16-8/h3-4,8-9,16H,1-2,5-7H2. The molecule has 1 aromatic heterocycles. The second kappa shape index (κ2) is 4.63. The lowest BCUT2D eigenvalue weighted by Gasteiger charge is -2.24. The molecule has 1 aromatic rings. The maximum Gasteiger partial charge on any atom is 0.435 e. The second-order valence-corrected chi connectivity index (χ2v) is 5.15. The highest BCUT2D eigenvalue weighted by Gasteiger charge is 2.34. The number of rotatable bonds is 1. The number of hydrogen-bond acceptors (Lipinski definition) is 4. The average molecular weight is 272 g/mol. The fourth-order valence-electron chi connectivity index (χ4n) is 2.80. The smallest absolute Gasteiger partial charge is 0.354 e. The van der Waals surface area contributed by atoms with Gasteiger partial charge >= 0.3 is 6.18 Å². The number of halogens is 3. The van der Waals surface area contributed by atoms with Gasteiger partial charge in [-0.05, 0) is 31.4 Å². The van der Waals surface area contributed by atoms with Crippen molar-refractivity contribution in [3.63, 3.8) is 0 Å². The molecule has 0 radical (unpaired) electrons. The summed E-state index contributed by atoms with van der Waals surface area (Å²) < 4.78 is 37.3. The largest absolute Gasteiger partial charge is 0.435 e. The third-order valence-electron chi connectivity index (χ3n) is 3.79. The molecular weight excluding hydrogens is 257 g/mol. The topological polar surface area (TPSA) is 41.0 Å². The zero-order valence-corrected chi connectivity index (χ0v) is 10.3. The molecule has 0 amide bonds. The van der Waals surface area contributed by atoms with Crippen LogP contribution in [0.1, 0.15) is 25.0 Å². The minimum Gasteiger partial charge on any atom is -0.354 e. The first-order valence-electron chi connectivity index (χ1n) is 6.44. The molecule has 0 aromatic carbocycles. The Morgan fingerprint density at radius 1 is 1.11 bits per heavy atom. The highest BCUT2D eigenvalue weighted by Crippen LogP contribution is 2.28. The van der Waals surface area contributed by atoms with Crippen molar-refractivity contribution in [2.45, 2.75) is 37.5 Å². The van der Waals surface area contributed by atoms with E-state index in [1.807, 2.05) is 4.90 Å². The van der Waals surface area contributed by atoms with Gasteiger partial charge in [0.1, 0.15) is 0 Å². The van der Waals surface area contributed by atoms with Crippen LogP contribution in [0, 0.1) is 0 Å². The van der Waals surface area contributed by atoms with Crippen molar-refractivity contribution in [2.24, 2.45) is 0 Å². The van der Waals surface area contributed by atoms with Gasteiger partial charge in [-0.15, -0.1) is 10.2 Å². The van der Waals surface area contributed by atoms with Gasteiger partial charge in [-0.1, -0.05) is 0 Å². The predicted molar refractivity (Wildman–Crippen MR) is 63.8 cm³/mol. The molecule has 104 valence electrons. The average Bonchev–Trinajstić information content (AvgIpc) is 2.68. The molecule has 2 unspecified atom stereocenters. The van der Waals surface area contributed by atoms with Crippen LogP contribution in [0.15, 0.2) is 12.1 Å². The summed E-state index contributed by atoms with van der Waals surface area (Å²) in [6.07, 6.45) is -1.11. The van der Waals surface area contributed by atoms with Crippen molar-refractivity contribution < 1.29 is 13.2 Å². The summed E-state index contributed by atoms with van der Waals surface area (Å²) >= 11 is 0. The lowest BCUT2D eigenvalue weighted by atomic mass is 10.1. The van der Waals surface area contributed by atoms with Crippen molar-refractivity contribution in [2.75, 3.05) is 18.0 Å². The van der Waals surface area contributed by atoms with Crippen molar-refractivity contribution >= 4 is 5.82 Å². The molecule has 3 heterocycles. The van der Waals surface area contributed by atoms with E-state index < -0.39 is 11.9 Å². The summed E-state index contributed by atoms with van der Waals surface area (Å²) in [6.45, 7) is 1.60. The predicted octanol–water partition coefficient (Wildman–Crippen LogP) is 1.83. The molecule has 2 saturated heterocycles. The number of aromatic nitrogens is 2. The normalized spacial score (nSPS) is 27.4. The molecule has 2 fully saturated rings. The van der Waals surface area contributed by atoms with Gasteiger partial charge < -0.3 is 10.2 Å². The molecule has 2 bridgehead atoms. The van der Waals surface area contributed by atoms with Gasteiger partial charge in [0, 0.05) is 25.2 Å². The zero-order valence-electron chi connectivity index (χ0n) is 10.3. The van der Waals surface area contributed by atoms with Gasteiger partial charge in [-0.25, -0.2) is 0 Å². The van der Waals surface area contributed by atoms with E-state index in [0.29, 0.717) is 17.9 Å². The molecule has 2 aliphatic heterocycles. The van der Waals surface area contributed by atoms with Crippen LogP contribution in [0.4, 0.5) is 19.0 Å². The molecule has 0 saturated carbocycles. The van der Waals surface area contributed by atoms with Crippen LogP contribution in [0.5, 0.6) is 0 Å². The lowest BCUT2D eigenvalue weighted by molar-refractivity contribution is -0.141. The SMILES string of the molecule is FC(F)(F)c1ccc(N2CCC3CCC(C2)N3)nn1. The van der Waals surface area contributed by atoms with E-state index in [4.69, 9.17) is 0 Å². The molecule has 1 N–H and O–H groups in total. The van der Waals surface area contributed by atoms with Gasteiger partial charge in [0.25, 0.3) is 0 Å². The summed E-state index contributed by atoms with van der Waals surface area (Å²) in [5, 5.41) is 10.5. The molecule has 2 aliphatic rings. The Hall–Kier alpha value is -1.37. The van der Waals surface area contributed by atoms with Crippen LogP contribution in [-0.2, 0) is 6.18 Å². The third-order valence-corrected chi connectivity index (χ3v) is 3.79. The number of anilines is 1. The van der Waals surface area contributed by atoms with Crippen LogP contribution in [0.2, 0.25) is 0 Å². The maximum atomic E-state index is 12.4. The Balaban J connectivity index is 1.75. The fraction of sp³-hybridized carbons (Fsp3) is 0.667. The lowest BCUT2D eigenvalue weighted by Crippen LogP contribution is -2.35. The second-order valence-electron chi connectivity index (χ2n) is 5.15. The quantitative estimate of drug-likeness (QED) is 0.846. The number of nitrogens with zero attached hydrogens (tertiary/aromatic N) is 3. The Kier molecular flexibility index (Phi) is 3.08. The molecule has 2 atom stereocenters. The first kappa shape index (κ1) is 12.7. The van der Waals surface area contributed by atoms with Crippen molar-refractivity contribution in [3.05, 3.63) is 17.8 Å². The van der Waals surface area contributed by atoms with Crippen molar-refractivity contribution in [1.29, 1.82) is 0 Å². The van der Waals surface area contributed by atoms with Gasteiger partial charge in [-0.2, -0.15) is 13.2 Å². The molecule has 4 nitrogen and oxygen atoms in total. The van der Waals surface area contributed by atoms with E-state index in [2.05, 4.69) is 15.5 Å². The van der Waals surface area contributed by atoms with Crippen molar-refractivity contribution in [1.82, 2.24) is 15.5 Å². The number of fused-ring (bicyclic) bond motifs is 2. The summed E-state index contributed by atoms with van der Waals surface area (Å²) in [4.78, 5) is 2.02. The van der Waals surface area contributed by atoms with Gasteiger partial charge in [0.05, 0.1) is 0 Å². The van der Waals surface area contributed by atoms with E-state index in [0.717, 1.165) is 32.0 Å². The number of nitrogens with one attached hydrogen (secondary N) is 1. The van der Waals surface area contributed by atoms with Crippen LogP contribution in [0.3, 0.4) is 0 Å². The molecular formula is C12H15F3N4.